The van der Waals surface area contributed by atoms with Crippen molar-refractivity contribution in [3.05, 3.63) is 88.2 Å². The highest BCUT2D eigenvalue weighted by atomic mass is 35.5. The quantitative estimate of drug-likeness (QED) is 0.626. The number of carbonyl (C=O) groups excluding carboxylic acids is 1. The van der Waals surface area contributed by atoms with E-state index >= 15 is 0 Å². The fourth-order valence-electron chi connectivity index (χ4n) is 3.36. The highest BCUT2D eigenvalue weighted by molar-refractivity contribution is 6.42. The number of rotatable bonds is 2. The molecule has 4 rings (SSSR count). The Morgan fingerprint density at radius 2 is 1.77 bits per heavy atom. The van der Waals surface area contributed by atoms with Gasteiger partial charge in [-0.25, -0.2) is 4.79 Å². The lowest BCUT2D eigenvalue weighted by molar-refractivity contribution is 0.182. The van der Waals surface area contributed by atoms with Crippen LogP contribution in [-0.2, 0) is 6.54 Å². The van der Waals surface area contributed by atoms with Gasteiger partial charge in [-0.05, 0) is 35.9 Å². The Bertz CT molecular complexity index is 939. The molecule has 2 amide bonds. The lowest BCUT2D eigenvalue weighted by Gasteiger charge is -2.37. The third kappa shape index (κ3) is 3.18. The Kier molecular flexibility index (Phi) is 4.62. The van der Waals surface area contributed by atoms with Gasteiger partial charge in [0.05, 0.1) is 16.1 Å². The van der Waals surface area contributed by atoms with Crippen molar-refractivity contribution in [2.45, 2.75) is 12.6 Å². The van der Waals surface area contributed by atoms with Crippen LogP contribution in [0.2, 0.25) is 10.0 Å². The third-order valence-electron chi connectivity index (χ3n) is 4.59. The molecule has 2 heterocycles. The topological polar surface area (TPSA) is 37.3 Å². The maximum absolute atomic E-state index is 13.0. The molecule has 132 valence electrons. The first-order valence-corrected chi connectivity index (χ1v) is 9.12. The minimum atomic E-state index is -0.162. The van der Waals surface area contributed by atoms with Crippen LogP contribution in [0, 0.1) is 0 Å². The number of hydrogen-bond acceptors (Lipinski definition) is 1. The first-order valence-electron chi connectivity index (χ1n) is 8.36. The Morgan fingerprint density at radius 1 is 0.962 bits per heavy atom. The lowest BCUT2D eigenvalue weighted by Crippen LogP contribution is -2.44. The number of benzene rings is 2. The minimum absolute atomic E-state index is 0.136. The van der Waals surface area contributed by atoms with Gasteiger partial charge in [-0.15, -0.1) is 0 Å². The van der Waals surface area contributed by atoms with Gasteiger partial charge in [-0.1, -0.05) is 53.5 Å². The molecular weight excluding hydrogens is 369 g/mol. The highest BCUT2D eigenvalue weighted by Crippen LogP contribution is 2.33. The molecule has 0 spiro atoms. The van der Waals surface area contributed by atoms with Crippen LogP contribution in [0.15, 0.2) is 66.9 Å². The number of amides is 2. The van der Waals surface area contributed by atoms with Crippen molar-refractivity contribution < 1.29 is 4.79 Å². The van der Waals surface area contributed by atoms with Crippen molar-refractivity contribution in [3.63, 3.8) is 0 Å². The van der Waals surface area contributed by atoms with Gasteiger partial charge in [0.1, 0.15) is 0 Å². The molecule has 1 unspecified atom stereocenters. The number of fused-ring (bicyclic) bond motifs is 1. The number of aromatic nitrogens is 1. The van der Waals surface area contributed by atoms with Gasteiger partial charge >= 0.3 is 6.03 Å². The number of nitrogens with one attached hydrogen (secondary N) is 1. The van der Waals surface area contributed by atoms with E-state index in [1.165, 1.54) is 0 Å². The van der Waals surface area contributed by atoms with E-state index < -0.39 is 0 Å². The van der Waals surface area contributed by atoms with Gasteiger partial charge in [-0.2, -0.15) is 0 Å². The first kappa shape index (κ1) is 17.0. The molecule has 0 fully saturated rings. The number of halogens is 2. The molecule has 2 aromatic carbocycles. The second-order valence-electron chi connectivity index (χ2n) is 6.19. The summed E-state index contributed by atoms with van der Waals surface area (Å²) in [6.45, 7) is 1.38. The summed E-state index contributed by atoms with van der Waals surface area (Å²) in [5.41, 5.74) is 2.81. The smallest absolute Gasteiger partial charge is 0.322 e. The third-order valence-corrected chi connectivity index (χ3v) is 5.32. The van der Waals surface area contributed by atoms with E-state index in [0.29, 0.717) is 22.3 Å². The second-order valence-corrected chi connectivity index (χ2v) is 7.01. The molecule has 0 saturated heterocycles. The largest absolute Gasteiger partial charge is 0.348 e. The molecule has 1 N–H and O–H groups in total. The van der Waals surface area contributed by atoms with E-state index in [2.05, 4.69) is 22.1 Å². The van der Waals surface area contributed by atoms with Crippen molar-refractivity contribution in [1.82, 2.24) is 9.47 Å². The maximum Gasteiger partial charge on any atom is 0.322 e. The zero-order valence-electron chi connectivity index (χ0n) is 13.9. The van der Waals surface area contributed by atoms with Crippen LogP contribution in [0.5, 0.6) is 0 Å². The average molecular weight is 386 g/mol. The zero-order chi connectivity index (χ0) is 18.1. The predicted molar refractivity (Wildman–Crippen MR) is 105 cm³/mol. The van der Waals surface area contributed by atoms with Crippen LogP contribution in [-0.4, -0.2) is 22.0 Å². The van der Waals surface area contributed by atoms with Gasteiger partial charge in [0.2, 0.25) is 0 Å². The molecule has 4 nitrogen and oxygen atoms in total. The Morgan fingerprint density at radius 3 is 2.54 bits per heavy atom. The second kappa shape index (κ2) is 7.06. The van der Waals surface area contributed by atoms with E-state index in [4.69, 9.17) is 23.2 Å². The number of hydrogen-bond donors (Lipinski definition) is 1. The summed E-state index contributed by atoms with van der Waals surface area (Å²) in [6, 6.07) is 18.9. The van der Waals surface area contributed by atoms with Gasteiger partial charge in [0.15, 0.2) is 0 Å². The SMILES string of the molecule is O=C(Nc1ccc(Cl)c(Cl)c1)N1CCn2cccc2C1c1ccccc1. The lowest BCUT2D eigenvalue weighted by atomic mass is 10.0. The van der Waals surface area contributed by atoms with Gasteiger partial charge in [0, 0.05) is 30.7 Å². The molecule has 0 saturated carbocycles. The van der Waals surface area contributed by atoms with Crippen LogP contribution in [0.4, 0.5) is 10.5 Å². The van der Waals surface area contributed by atoms with E-state index in [9.17, 15) is 4.79 Å². The number of urea groups is 1. The molecule has 3 aromatic rings. The van der Waals surface area contributed by atoms with Crippen LogP contribution < -0.4 is 5.32 Å². The predicted octanol–water partition coefficient (Wildman–Crippen LogP) is 5.43. The van der Waals surface area contributed by atoms with Crippen LogP contribution in [0.3, 0.4) is 0 Å². The Labute approximate surface area is 161 Å². The summed E-state index contributed by atoms with van der Waals surface area (Å²) in [5.74, 6) is 0. The molecule has 1 aromatic heterocycles. The average Bonchev–Trinajstić information content (AvgIpc) is 3.13. The van der Waals surface area contributed by atoms with E-state index in [-0.39, 0.29) is 12.1 Å². The van der Waals surface area contributed by atoms with Crippen LogP contribution in [0.1, 0.15) is 17.3 Å². The molecule has 1 aliphatic rings. The standard InChI is InChI=1S/C20H17Cl2N3O/c21-16-9-8-15(13-17(16)22)23-20(26)25-12-11-24-10-4-7-18(24)19(25)14-5-2-1-3-6-14/h1-10,13,19H,11-12H2,(H,23,26). The molecule has 1 atom stereocenters. The summed E-state index contributed by atoms with van der Waals surface area (Å²) in [7, 11) is 0. The van der Waals surface area contributed by atoms with Crippen LogP contribution in [0.25, 0.3) is 0 Å². The normalized spacial score (nSPS) is 16.2. The van der Waals surface area contributed by atoms with Crippen molar-refractivity contribution in [1.29, 1.82) is 0 Å². The van der Waals surface area contributed by atoms with Gasteiger partial charge in [-0.3, -0.25) is 0 Å². The number of nitrogens with zero attached hydrogens (tertiary/aromatic N) is 2. The molecule has 26 heavy (non-hydrogen) atoms. The molecule has 0 aliphatic carbocycles. The van der Waals surface area contributed by atoms with Crippen molar-refractivity contribution in [2.75, 3.05) is 11.9 Å². The van der Waals surface area contributed by atoms with Crippen molar-refractivity contribution in [2.24, 2.45) is 0 Å². The highest BCUT2D eigenvalue weighted by Gasteiger charge is 2.32. The molecule has 0 radical (unpaired) electrons. The summed E-state index contributed by atoms with van der Waals surface area (Å²) in [4.78, 5) is 14.9. The number of anilines is 1. The number of carbonyl (C=O) groups is 1. The summed E-state index contributed by atoms with van der Waals surface area (Å²) < 4.78 is 2.20. The summed E-state index contributed by atoms with van der Waals surface area (Å²) >= 11 is 12.0. The summed E-state index contributed by atoms with van der Waals surface area (Å²) in [5, 5.41) is 3.81. The molecule has 1 aliphatic heterocycles. The Hall–Kier alpha value is -2.43. The van der Waals surface area contributed by atoms with Crippen LogP contribution >= 0.6 is 23.2 Å². The first-order chi connectivity index (χ1) is 12.6. The monoisotopic (exact) mass is 385 g/mol. The summed E-state index contributed by atoms with van der Waals surface area (Å²) in [6.07, 6.45) is 2.06. The van der Waals surface area contributed by atoms with E-state index in [1.807, 2.05) is 41.3 Å². The molecule has 0 bridgehead atoms. The Balaban J connectivity index is 1.65. The van der Waals surface area contributed by atoms with Gasteiger partial charge < -0.3 is 14.8 Å². The zero-order valence-corrected chi connectivity index (χ0v) is 15.4. The van der Waals surface area contributed by atoms with E-state index in [0.717, 1.165) is 17.8 Å². The minimum Gasteiger partial charge on any atom is -0.348 e. The molecule has 6 heteroatoms. The van der Waals surface area contributed by atoms with E-state index in [1.54, 1.807) is 18.2 Å². The maximum atomic E-state index is 13.0. The fraction of sp³-hybridized carbons (Fsp3) is 0.150. The van der Waals surface area contributed by atoms with Gasteiger partial charge in [0.25, 0.3) is 0 Å². The molecular formula is C20H17Cl2N3O. The van der Waals surface area contributed by atoms with Crippen molar-refractivity contribution in [3.8, 4) is 0 Å². The fourth-order valence-corrected chi connectivity index (χ4v) is 3.66. The van der Waals surface area contributed by atoms with Crippen molar-refractivity contribution >= 4 is 34.9 Å².